The lowest BCUT2D eigenvalue weighted by Gasteiger charge is -2.14. The number of nitrogens with zero attached hydrogens (tertiary/aromatic N) is 2. The second-order valence-electron chi connectivity index (χ2n) is 4.53. The van der Waals surface area contributed by atoms with Gasteiger partial charge in [0.15, 0.2) is 5.16 Å². The standard InChI is InChI=1S/C13H15N5O2S/c1-18(2)12(20)8-4-3-7(14)5-9(8)21-13-16-10(15)6-11(19)17-13/h3-6H,14H2,1-2H3,(H3,15,16,17,19). The molecule has 1 heterocycles. The van der Waals surface area contributed by atoms with E-state index in [-0.39, 0.29) is 17.3 Å². The lowest BCUT2D eigenvalue weighted by molar-refractivity contribution is 0.0824. The summed E-state index contributed by atoms with van der Waals surface area (Å²) in [5, 5.41) is 0.304. The Kier molecular flexibility index (Phi) is 4.18. The van der Waals surface area contributed by atoms with Crippen molar-refractivity contribution in [2.24, 2.45) is 0 Å². The molecule has 5 N–H and O–H groups in total. The molecule has 2 rings (SSSR count). The molecule has 21 heavy (non-hydrogen) atoms. The van der Waals surface area contributed by atoms with Gasteiger partial charge in [-0.25, -0.2) is 4.98 Å². The van der Waals surface area contributed by atoms with E-state index in [1.54, 1.807) is 32.3 Å². The Morgan fingerprint density at radius 2 is 2.00 bits per heavy atom. The van der Waals surface area contributed by atoms with Crippen LogP contribution in [-0.2, 0) is 0 Å². The first-order valence-electron chi connectivity index (χ1n) is 6.02. The lowest BCUT2D eigenvalue weighted by atomic mass is 10.2. The van der Waals surface area contributed by atoms with Gasteiger partial charge in [0.05, 0.1) is 5.56 Å². The molecular formula is C13H15N5O2S. The van der Waals surface area contributed by atoms with Crippen molar-refractivity contribution < 1.29 is 4.79 Å². The number of hydrogen-bond donors (Lipinski definition) is 3. The molecule has 0 radical (unpaired) electrons. The average molecular weight is 305 g/mol. The van der Waals surface area contributed by atoms with Crippen LogP contribution in [0.25, 0.3) is 0 Å². The van der Waals surface area contributed by atoms with Crippen LogP contribution < -0.4 is 17.0 Å². The minimum absolute atomic E-state index is 0.116. The van der Waals surface area contributed by atoms with E-state index < -0.39 is 0 Å². The number of hydrogen-bond acceptors (Lipinski definition) is 6. The van der Waals surface area contributed by atoms with Crippen LogP contribution in [0.3, 0.4) is 0 Å². The normalized spacial score (nSPS) is 10.4. The highest BCUT2D eigenvalue weighted by Crippen LogP contribution is 2.30. The molecule has 1 aromatic carbocycles. The summed E-state index contributed by atoms with van der Waals surface area (Å²) in [7, 11) is 3.32. The number of nitrogen functional groups attached to an aromatic ring is 2. The van der Waals surface area contributed by atoms with E-state index in [0.717, 1.165) is 11.8 Å². The van der Waals surface area contributed by atoms with Gasteiger partial charge < -0.3 is 21.4 Å². The molecule has 0 aliphatic carbocycles. The predicted molar refractivity (Wildman–Crippen MR) is 82.3 cm³/mol. The summed E-state index contributed by atoms with van der Waals surface area (Å²) in [6, 6.07) is 6.14. The minimum Gasteiger partial charge on any atom is -0.399 e. The van der Waals surface area contributed by atoms with Crippen LogP contribution in [0.15, 0.2) is 39.1 Å². The van der Waals surface area contributed by atoms with Gasteiger partial charge in [-0.2, -0.15) is 0 Å². The minimum atomic E-state index is -0.352. The van der Waals surface area contributed by atoms with Crippen LogP contribution in [0.2, 0.25) is 0 Å². The van der Waals surface area contributed by atoms with Gasteiger partial charge in [0.2, 0.25) is 0 Å². The molecule has 0 saturated carbocycles. The fourth-order valence-electron chi connectivity index (χ4n) is 1.65. The number of nitrogens with two attached hydrogens (primary N) is 2. The first kappa shape index (κ1) is 14.9. The highest BCUT2D eigenvalue weighted by Gasteiger charge is 2.15. The van der Waals surface area contributed by atoms with Crippen LogP contribution in [0.4, 0.5) is 11.5 Å². The largest absolute Gasteiger partial charge is 0.399 e. The van der Waals surface area contributed by atoms with Crippen LogP contribution in [-0.4, -0.2) is 34.9 Å². The van der Waals surface area contributed by atoms with Crippen LogP contribution in [0.5, 0.6) is 0 Å². The SMILES string of the molecule is CN(C)C(=O)c1ccc(N)cc1Sc1nc(N)cc(=O)[nH]1. The van der Waals surface area contributed by atoms with Crippen molar-refractivity contribution >= 4 is 29.2 Å². The Morgan fingerprint density at radius 1 is 1.29 bits per heavy atom. The van der Waals surface area contributed by atoms with Crippen molar-refractivity contribution in [3.05, 3.63) is 40.2 Å². The van der Waals surface area contributed by atoms with Crippen LogP contribution in [0, 0.1) is 0 Å². The van der Waals surface area contributed by atoms with Gasteiger partial charge in [0.25, 0.3) is 11.5 Å². The average Bonchev–Trinajstić information content (AvgIpc) is 2.36. The maximum Gasteiger partial charge on any atom is 0.254 e. The number of carbonyl (C=O) groups is 1. The molecule has 0 saturated heterocycles. The lowest BCUT2D eigenvalue weighted by Crippen LogP contribution is -2.22. The molecule has 0 unspecified atom stereocenters. The quantitative estimate of drug-likeness (QED) is 0.570. The third kappa shape index (κ3) is 3.54. The Labute approximate surface area is 125 Å². The number of H-pyrrole nitrogens is 1. The summed E-state index contributed by atoms with van der Waals surface area (Å²) in [5.74, 6) is -0.0469. The summed E-state index contributed by atoms with van der Waals surface area (Å²) in [4.78, 5) is 32.2. The first-order chi connectivity index (χ1) is 9.86. The fraction of sp³-hybridized carbons (Fsp3) is 0.154. The second-order valence-corrected chi connectivity index (χ2v) is 5.56. The molecule has 1 aromatic heterocycles. The molecule has 0 spiro atoms. The number of nitrogens with one attached hydrogen (secondary N) is 1. The molecule has 1 amide bonds. The third-order valence-corrected chi connectivity index (χ3v) is 3.53. The van der Waals surface area contributed by atoms with Crippen LogP contribution >= 0.6 is 11.8 Å². The molecule has 7 nitrogen and oxygen atoms in total. The Balaban J connectivity index is 2.45. The number of carbonyl (C=O) groups excluding carboxylic acids is 1. The van der Waals surface area contributed by atoms with Crippen LogP contribution in [0.1, 0.15) is 10.4 Å². The summed E-state index contributed by atoms with van der Waals surface area (Å²) in [6.45, 7) is 0. The summed E-state index contributed by atoms with van der Waals surface area (Å²) in [5.41, 5.74) is 11.9. The van der Waals surface area contributed by atoms with E-state index >= 15 is 0 Å². The number of aromatic nitrogens is 2. The maximum absolute atomic E-state index is 12.2. The zero-order valence-electron chi connectivity index (χ0n) is 11.6. The summed E-state index contributed by atoms with van der Waals surface area (Å²) in [6.07, 6.45) is 0. The van der Waals surface area contributed by atoms with Gasteiger partial charge in [-0.05, 0) is 18.2 Å². The number of anilines is 2. The molecular weight excluding hydrogens is 290 g/mol. The van der Waals surface area contributed by atoms with E-state index in [4.69, 9.17) is 11.5 Å². The van der Waals surface area contributed by atoms with Crippen molar-refractivity contribution in [1.82, 2.24) is 14.9 Å². The first-order valence-corrected chi connectivity index (χ1v) is 6.84. The second kappa shape index (κ2) is 5.88. The summed E-state index contributed by atoms with van der Waals surface area (Å²) < 4.78 is 0. The topological polar surface area (TPSA) is 118 Å². The van der Waals surface area contributed by atoms with Crippen molar-refractivity contribution in [2.75, 3.05) is 25.6 Å². The van der Waals surface area contributed by atoms with E-state index in [9.17, 15) is 9.59 Å². The van der Waals surface area contributed by atoms with Crippen molar-refractivity contribution in [3.63, 3.8) is 0 Å². The highest BCUT2D eigenvalue weighted by molar-refractivity contribution is 7.99. The fourth-order valence-corrected chi connectivity index (χ4v) is 2.62. The van der Waals surface area contributed by atoms with Crippen molar-refractivity contribution in [1.29, 1.82) is 0 Å². The smallest absolute Gasteiger partial charge is 0.254 e. The molecule has 0 atom stereocenters. The monoisotopic (exact) mass is 305 g/mol. The molecule has 8 heteroatoms. The molecule has 0 aliphatic rings. The summed E-state index contributed by atoms with van der Waals surface area (Å²) >= 11 is 1.13. The van der Waals surface area contributed by atoms with Gasteiger partial charge in [0.1, 0.15) is 5.82 Å². The Morgan fingerprint density at radius 3 is 2.62 bits per heavy atom. The molecule has 110 valence electrons. The molecule has 2 aromatic rings. The van der Waals surface area contributed by atoms with Gasteiger partial charge in [-0.1, -0.05) is 11.8 Å². The predicted octanol–water partition coefficient (Wildman–Crippen LogP) is 0.787. The van der Waals surface area contributed by atoms with Crippen molar-refractivity contribution in [2.45, 2.75) is 10.1 Å². The van der Waals surface area contributed by atoms with Gasteiger partial charge in [-0.3, -0.25) is 9.59 Å². The number of aromatic amines is 1. The number of amides is 1. The van der Waals surface area contributed by atoms with E-state index in [2.05, 4.69) is 9.97 Å². The molecule has 0 bridgehead atoms. The molecule has 0 fully saturated rings. The maximum atomic E-state index is 12.2. The Bertz CT molecular complexity index is 742. The molecule has 0 aliphatic heterocycles. The number of rotatable bonds is 3. The van der Waals surface area contributed by atoms with Crippen molar-refractivity contribution in [3.8, 4) is 0 Å². The zero-order chi connectivity index (χ0) is 15.6. The number of benzene rings is 1. The van der Waals surface area contributed by atoms with Gasteiger partial charge in [-0.15, -0.1) is 0 Å². The van der Waals surface area contributed by atoms with E-state index in [0.29, 0.717) is 21.3 Å². The third-order valence-electron chi connectivity index (χ3n) is 2.59. The van der Waals surface area contributed by atoms with Gasteiger partial charge in [0, 0.05) is 30.7 Å². The van der Waals surface area contributed by atoms with Gasteiger partial charge >= 0.3 is 0 Å². The zero-order valence-corrected chi connectivity index (χ0v) is 12.4. The highest BCUT2D eigenvalue weighted by atomic mass is 32.2. The van der Waals surface area contributed by atoms with E-state index in [1.807, 2.05) is 0 Å². The Hall–Kier alpha value is -2.48. The van der Waals surface area contributed by atoms with E-state index in [1.165, 1.54) is 11.0 Å².